The van der Waals surface area contributed by atoms with Crippen molar-refractivity contribution in [3.8, 4) is 0 Å². The van der Waals surface area contributed by atoms with Gasteiger partial charge < -0.3 is 10.6 Å². The Morgan fingerprint density at radius 2 is 1.94 bits per heavy atom. The molecule has 0 spiro atoms. The van der Waals surface area contributed by atoms with Gasteiger partial charge in [0.2, 0.25) is 5.91 Å². The van der Waals surface area contributed by atoms with Crippen LogP contribution in [0.15, 0.2) is 0 Å². The Kier molecular flexibility index (Phi) is 5.04. The average Bonchev–Trinajstić information content (AvgIpc) is 2.40. The summed E-state index contributed by atoms with van der Waals surface area (Å²) in [5, 5.41) is 6.68. The number of hydrogen-bond donors (Lipinski definition) is 2. The lowest BCUT2D eigenvalue weighted by Crippen LogP contribution is -2.46. The molecule has 0 aromatic heterocycles. The number of amides is 1. The Bertz CT molecular complexity index is 266. The molecule has 2 aliphatic rings. The van der Waals surface area contributed by atoms with Gasteiger partial charge in [-0.05, 0) is 70.4 Å². The summed E-state index contributed by atoms with van der Waals surface area (Å²) in [6.07, 6.45) is 7.10. The molecular weight excluding hydrogens is 224 g/mol. The maximum absolute atomic E-state index is 12.2. The van der Waals surface area contributed by atoms with E-state index in [0.717, 1.165) is 31.8 Å². The van der Waals surface area contributed by atoms with E-state index in [4.69, 9.17) is 0 Å². The predicted octanol–water partition coefficient (Wildman–Crippen LogP) is 2.32. The maximum atomic E-state index is 12.2. The molecule has 1 saturated carbocycles. The lowest BCUT2D eigenvalue weighted by atomic mass is 9.82. The zero-order valence-corrected chi connectivity index (χ0v) is 11.9. The maximum Gasteiger partial charge on any atom is 0.223 e. The molecule has 2 atom stereocenters. The first-order valence-electron chi connectivity index (χ1n) is 7.68. The Morgan fingerprint density at radius 3 is 2.56 bits per heavy atom. The largest absolute Gasteiger partial charge is 0.353 e. The minimum absolute atomic E-state index is 0.278. The fraction of sp³-hybridized carbons (Fsp3) is 0.933. The van der Waals surface area contributed by atoms with Crippen molar-refractivity contribution in [3.63, 3.8) is 0 Å². The molecule has 2 N–H and O–H groups in total. The molecule has 104 valence electrons. The average molecular weight is 252 g/mol. The van der Waals surface area contributed by atoms with Crippen LogP contribution >= 0.6 is 0 Å². The smallest absolute Gasteiger partial charge is 0.223 e. The van der Waals surface area contributed by atoms with Crippen LogP contribution < -0.4 is 10.6 Å². The minimum Gasteiger partial charge on any atom is -0.353 e. The van der Waals surface area contributed by atoms with E-state index in [9.17, 15) is 4.79 Å². The third kappa shape index (κ3) is 3.71. The summed E-state index contributed by atoms with van der Waals surface area (Å²) >= 11 is 0. The SMILES string of the molecule is CC1CCC(C(=O)NC(C)C2CCCNC2)CC1. The first-order chi connectivity index (χ1) is 8.66. The molecule has 1 aliphatic heterocycles. The topological polar surface area (TPSA) is 41.1 Å². The molecule has 18 heavy (non-hydrogen) atoms. The Morgan fingerprint density at radius 1 is 1.22 bits per heavy atom. The van der Waals surface area contributed by atoms with E-state index in [1.54, 1.807) is 0 Å². The van der Waals surface area contributed by atoms with E-state index in [2.05, 4.69) is 24.5 Å². The molecule has 1 saturated heterocycles. The molecule has 0 aromatic carbocycles. The van der Waals surface area contributed by atoms with Crippen molar-refractivity contribution in [1.29, 1.82) is 0 Å². The molecule has 2 unspecified atom stereocenters. The second-order valence-electron chi connectivity index (χ2n) is 6.36. The zero-order valence-electron chi connectivity index (χ0n) is 11.9. The molecule has 0 aromatic rings. The molecule has 3 heteroatoms. The van der Waals surface area contributed by atoms with Crippen LogP contribution in [0.2, 0.25) is 0 Å². The van der Waals surface area contributed by atoms with Crippen LogP contribution in [0.25, 0.3) is 0 Å². The molecule has 0 radical (unpaired) electrons. The molecule has 0 bridgehead atoms. The van der Waals surface area contributed by atoms with E-state index in [0.29, 0.717) is 17.9 Å². The summed E-state index contributed by atoms with van der Waals surface area (Å²) in [7, 11) is 0. The highest BCUT2D eigenvalue weighted by molar-refractivity contribution is 5.79. The van der Waals surface area contributed by atoms with Crippen molar-refractivity contribution in [2.45, 2.75) is 58.4 Å². The molecule has 3 nitrogen and oxygen atoms in total. The van der Waals surface area contributed by atoms with Gasteiger partial charge in [0.15, 0.2) is 0 Å². The summed E-state index contributed by atoms with van der Waals surface area (Å²) in [5.41, 5.74) is 0. The number of nitrogens with one attached hydrogen (secondary N) is 2. The van der Waals surface area contributed by atoms with Gasteiger partial charge in [-0.2, -0.15) is 0 Å². The third-order valence-electron chi connectivity index (χ3n) is 4.80. The Hall–Kier alpha value is -0.570. The Balaban J connectivity index is 1.75. The summed E-state index contributed by atoms with van der Waals surface area (Å²) in [5.74, 6) is 2.01. The van der Waals surface area contributed by atoms with Crippen LogP contribution in [0.3, 0.4) is 0 Å². The fourth-order valence-electron chi connectivity index (χ4n) is 3.29. The van der Waals surface area contributed by atoms with Crippen molar-refractivity contribution >= 4 is 5.91 Å². The van der Waals surface area contributed by atoms with Crippen LogP contribution in [-0.2, 0) is 4.79 Å². The summed E-state index contributed by atoms with van der Waals surface area (Å²) < 4.78 is 0. The molecule has 1 aliphatic carbocycles. The molecule has 2 rings (SSSR count). The van der Waals surface area contributed by atoms with E-state index in [-0.39, 0.29) is 5.92 Å². The number of piperidine rings is 1. The van der Waals surface area contributed by atoms with Gasteiger partial charge in [0.25, 0.3) is 0 Å². The fourth-order valence-corrected chi connectivity index (χ4v) is 3.29. The predicted molar refractivity (Wildman–Crippen MR) is 74.3 cm³/mol. The van der Waals surface area contributed by atoms with Crippen LogP contribution in [0.1, 0.15) is 52.4 Å². The van der Waals surface area contributed by atoms with Gasteiger partial charge in [-0.1, -0.05) is 6.92 Å². The van der Waals surface area contributed by atoms with E-state index >= 15 is 0 Å². The highest BCUT2D eigenvalue weighted by atomic mass is 16.1. The van der Waals surface area contributed by atoms with Crippen molar-refractivity contribution in [2.75, 3.05) is 13.1 Å². The van der Waals surface area contributed by atoms with Gasteiger partial charge in [0.05, 0.1) is 0 Å². The van der Waals surface area contributed by atoms with Gasteiger partial charge in [-0.25, -0.2) is 0 Å². The lowest BCUT2D eigenvalue weighted by Gasteiger charge is -2.31. The van der Waals surface area contributed by atoms with Crippen LogP contribution in [0.4, 0.5) is 0 Å². The minimum atomic E-state index is 0.278. The van der Waals surface area contributed by atoms with E-state index in [1.165, 1.54) is 25.7 Å². The van der Waals surface area contributed by atoms with E-state index in [1.807, 2.05) is 0 Å². The standard InChI is InChI=1S/C15H28N2O/c1-11-5-7-13(8-6-11)15(18)17-12(2)14-4-3-9-16-10-14/h11-14,16H,3-10H2,1-2H3,(H,17,18). The third-order valence-corrected chi connectivity index (χ3v) is 4.80. The highest BCUT2D eigenvalue weighted by Gasteiger charge is 2.27. The molecular formula is C15H28N2O. The normalized spacial score (nSPS) is 34.9. The van der Waals surface area contributed by atoms with E-state index < -0.39 is 0 Å². The summed E-state index contributed by atoms with van der Waals surface area (Å²) in [6.45, 7) is 6.66. The molecule has 1 heterocycles. The monoisotopic (exact) mass is 252 g/mol. The van der Waals surface area contributed by atoms with Gasteiger partial charge >= 0.3 is 0 Å². The quantitative estimate of drug-likeness (QED) is 0.809. The number of carbonyl (C=O) groups is 1. The molecule has 2 fully saturated rings. The van der Waals surface area contributed by atoms with Crippen molar-refractivity contribution in [1.82, 2.24) is 10.6 Å². The number of carbonyl (C=O) groups excluding carboxylic acids is 1. The lowest BCUT2D eigenvalue weighted by molar-refractivity contribution is -0.127. The number of rotatable bonds is 3. The van der Waals surface area contributed by atoms with Crippen molar-refractivity contribution < 1.29 is 4.79 Å². The molecule has 1 amide bonds. The van der Waals surface area contributed by atoms with Crippen LogP contribution in [0, 0.1) is 17.8 Å². The highest BCUT2D eigenvalue weighted by Crippen LogP contribution is 2.28. The van der Waals surface area contributed by atoms with Gasteiger partial charge in [0.1, 0.15) is 0 Å². The first-order valence-corrected chi connectivity index (χ1v) is 7.68. The summed E-state index contributed by atoms with van der Waals surface area (Å²) in [6, 6.07) is 0.324. The summed E-state index contributed by atoms with van der Waals surface area (Å²) in [4.78, 5) is 12.2. The van der Waals surface area contributed by atoms with Crippen molar-refractivity contribution in [3.05, 3.63) is 0 Å². The van der Waals surface area contributed by atoms with Gasteiger partial charge in [-0.3, -0.25) is 4.79 Å². The Labute approximate surface area is 111 Å². The second-order valence-corrected chi connectivity index (χ2v) is 6.36. The first kappa shape index (κ1) is 13.9. The zero-order chi connectivity index (χ0) is 13.0. The van der Waals surface area contributed by atoms with Crippen LogP contribution in [-0.4, -0.2) is 25.0 Å². The van der Waals surface area contributed by atoms with Crippen LogP contribution in [0.5, 0.6) is 0 Å². The van der Waals surface area contributed by atoms with Crippen molar-refractivity contribution in [2.24, 2.45) is 17.8 Å². The number of hydrogen-bond acceptors (Lipinski definition) is 2. The second kappa shape index (κ2) is 6.55. The van der Waals surface area contributed by atoms with Gasteiger partial charge in [-0.15, -0.1) is 0 Å². The van der Waals surface area contributed by atoms with Gasteiger partial charge in [0, 0.05) is 12.0 Å².